The summed E-state index contributed by atoms with van der Waals surface area (Å²) in [4.78, 5) is 23.8. The van der Waals surface area contributed by atoms with E-state index in [1.807, 2.05) is 30.3 Å². The van der Waals surface area contributed by atoms with Gasteiger partial charge < -0.3 is 14.8 Å². The first-order chi connectivity index (χ1) is 21.7. The molecular weight excluding hydrogens is 631 g/mol. The molecule has 0 bridgehead atoms. The maximum atomic E-state index is 14.0. The maximum Gasteiger partial charge on any atom is 0.321 e. The molecular formula is C33H33N3O8S2. The number of carboxylic acids is 1. The molecule has 3 aromatic carbocycles. The van der Waals surface area contributed by atoms with Crippen LogP contribution in [-0.4, -0.2) is 44.7 Å². The van der Waals surface area contributed by atoms with Crippen molar-refractivity contribution in [3.8, 4) is 0 Å². The van der Waals surface area contributed by atoms with Gasteiger partial charge >= 0.3 is 5.97 Å². The summed E-state index contributed by atoms with van der Waals surface area (Å²) in [6.45, 7) is 4.69. The normalized spacial score (nSPS) is 17.4. The first-order valence-electron chi connectivity index (χ1n) is 14.4. The molecule has 2 atom stereocenters. The summed E-state index contributed by atoms with van der Waals surface area (Å²) >= 11 is 0. The maximum absolute atomic E-state index is 14.0. The van der Waals surface area contributed by atoms with Gasteiger partial charge in [-0.05, 0) is 54.3 Å². The van der Waals surface area contributed by atoms with Crippen molar-refractivity contribution in [2.75, 3.05) is 4.72 Å². The van der Waals surface area contributed by atoms with Gasteiger partial charge in [-0.15, -0.1) is 0 Å². The molecule has 1 unspecified atom stereocenters. The van der Waals surface area contributed by atoms with E-state index in [9.17, 15) is 31.5 Å². The monoisotopic (exact) mass is 663 g/mol. The molecule has 4 aromatic rings. The number of aryl methyl sites for hydroxylation is 1. The third-order valence-corrected chi connectivity index (χ3v) is 11.1. The van der Waals surface area contributed by atoms with Crippen LogP contribution < -0.4 is 14.8 Å². The van der Waals surface area contributed by atoms with E-state index >= 15 is 0 Å². The van der Waals surface area contributed by atoms with Crippen LogP contribution in [0.5, 0.6) is 0 Å². The van der Waals surface area contributed by atoms with Crippen LogP contribution in [0.15, 0.2) is 106 Å². The van der Waals surface area contributed by atoms with E-state index in [1.165, 1.54) is 24.3 Å². The Morgan fingerprint density at radius 3 is 2.15 bits per heavy atom. The molecule has 1 heterocycles. The van der Waals surface area contributed by atoms with Gasteiger partial charge in [-0.25, -0.2) is 16.8 Å². The first kappa shape index (κ1) is 32.7. The Labute approximate surface area is 267 Å². The summed E-state index contributed by atoms with van der Waals surface area (Å²) < 4.78 is 64.8. The molecule has 1 amide bonds. The molecule has 0 spiro atoms. The summed E-state index contributed by atoms with van der Waals surface area (Å²) in [5.74, 6) is -3.09. The fourth-order valence-electron chi connectivity index (χ4n) is 5.23. The van der Waals surface area contributed by atoms with Crippen LogP contribution in [-0.2, 0) is 24.8 Å². The predicted molar refractivity (Wildman–Crippen MR) is 175 cm³/mol. The van der Waals surface area contributed by atoms with Gasteiger partial charge in [-0.1, -0.05) is 80.6 Å². The third-order valence-electron chi connectivity index (χ3n) is 7.74. The highest BCUT2D eigenvalue weighted by atomic mass is 32.2. The van der Waals surface area contributed by atoms with E-state index in [1.54, 1.807) is 63.3 Å². The number of amides is 1. The largest absolute Gasteiger partial charge is 0.480 e. The van der Waals surface area contributed by atoms with Gasteiger partial charge in [0.1, 0.15) is 11.6 Å². The lowest BCUT2D eigenvalue weighted by Gasteiger charge is -2.34. The minimum Gasteiger partial charge on any atom is -0.480 e. The number of fused-ring (bicyclic) bond motifs is 1. The summed E-state index contributed by atoms with van der Waals surface area (Å²) in [7, 11) is -8.56. The minimum atomic E-state index is -4.58. The number of allylic oxidation sites excluding steroid dienone is 2. The Morgan fingerprint density at radius 1 is 0.913 bits per heavy atom. The minimum absolute atomic E-state index is 0.0406. The highest BCUT2D eigenvalue weighted by molar-refractivity contribution is 7.92. The Bertz CT molecular complexity index is 2070. The van der Waals surface area contributed by atoms with Crippen LogP contribution in [0.1, 0.15) is 41.9 Å². The second kappa shape index (κ2) is 12.6. The zero-order valence-electron chi connectivity index (χ0n) is 25.2. The summed E-state index contributed by atoms with van der Waals surface area (Å²) in [5, 5.41) is 12.6. The van der Waals surface area contributed by atoms with Crippen molar-refractivity contribution in [1.82, 2.24) is 10.0 Å². The van der Waals surface area contributed by atoms with E-state index in [0.29, 0.717) is 5.39 Å². The number of carboxylic acid groups (broad SMARTS) is 1. The molecule has 11 nitrogen and oxygen atoms in total. The van der Waals surface area contributed by atoms with Crippen LogP contribution in [0.4, 0.5) is 5.69 Å². The molecule has 13 heteroatoms. The Morgan fingerprint density at radius 2 is 1.57 bits per heavy atom. The number of aliphatic carboxylic acids is 1. The van der Waals surface area contributed by atoms with Gasteiger partial charge in [0.25, 0.3) is 15.9 Å². The lowest BCUT2D eigenvalue weighted by Crippen LogP contribution is -2.60. The molecule has 1 aliphatic rings. The lowest BCUT2D eigenvalue weighted by atomic mass is 9.96. The van der Waals surface area contributed by atoms with Gasteiger partial charge in [0, 0.05) is 17.4 Å². The molecule has 0 saturated carbocycles. The molecule has 0 radical (unpaired) electrons. The Kier molecular flexibility index (Phi) is 8.94. The van der Waals surface area contributed by atoms with Crippen molar-refractivity contribution < 1.29 is 35.9 Å². The van der Waals surface area contributed by atoms with Crippen molar-refractivity contribution >= 4 is 54.2 Å². The summed E-state index contributed by atoms with van der Waals surface area (Å²) in [6.07, 6.45) is 4.32. The fourth-order valence-corrected chi connectivity index (χ4v) is 8.01. The average molecular weight is 664 g/mol. The molecule has 0 fully saturated rings. The molecule has 5 rings (SSSR count). The third kappa shape index (κ3) is 6.34. The number of carbonyl (C=O) groups is 2. The molecule has 240 valence electrons. The van der Waals surface area contributed by atoms with E-state index in [4.69, 9.17) is 4.42 Å². The Hall–Kier alpha value is -4.72. The fraction of sp³-hybridized carbons (Fsp3) is 0.212. The average Bonchev–Trinajstić information content (AvgIpc) is 3.38. The van der Waals surface area contributed by atoms with Crippen LogP contribution in [0, 0.1) is 12.8 Å². The quantitative estimate of drug-likeness (QED) is 0.173. The summed E-state index contributed by atoms with van der Waals surface area (Å²) in [6, 6.07) is 20.2. The van der Waals surface area contributed by atoms with Gasteiger partial charge in [-0.3, -0.25) is 14.3 Å². The number of benzene rings is 3. The standard InChI is InChI=1S/C33H33N3O8S2/c1-21(2)29(32(38)39)36-46(42,43)33(19-17-24(18-20-33)23-11-6-4-7-12-23)34-31(37)30-22(3)28-26(15-10-16-27(28)44-30)35-45(40,41)25-13-8-5-9-14-25/h4-19,21,29,35-36H,20H2,1-3H3,(H,34,37)(H,38,39)/t29-,33?/m0/s1. The SMILES string of the molecule is Cc1c(C(=O)NC2(S(=O)(=O)N[C@H](C(=O)O)C(C)C)C=CC(c3ccccc3)=CC2)oc2cccc(NS(=O)(=O)c3ccccc3)c12. The highest BCUT2D eigenvalue weighted by Gasteiger charge is 2.46. The van der Waals surface area contributed by atoms with E-state index < -0.39 is 48.8 Å². The van der Waals surface area contributed by atoms with Crippen molar-refractivity contribution in [2.24, 2.45) is 5.92 Å². The van der Waals surface area contributed by atoms with Crippen LogP contribution in [0.3, 0.4) is 0 Å². The van der Waals surface area contributed by atoms with Gasteiger partial charge in [0.15, 0.2) is 10.6 Å². The number of rotatable bonds is 11. The number of anilines is 1. The van der Waals surface area contributed by atoms with Gasteiger partial charge in [0.2, 0.25) is 10.0 Å². The van der Waals surface area contributed by atoms with Crippen LogP contribution >= 0.6 is 0 Å². The topological polar surface area (TPSA) is 172 Å². The van der Waals surface area contributed by atoms with Crippen molar-refractivity contribution in [1.29, 1.82) is 0 Å². The Balaban J connectivity index is 1.53. The zero-order valence-corrected chi connectivity index (χ0v) is 26.9. The van der Waals surface area contributed by atoms with Crippen molar-refractivity contribution in [3.63, 3.8) is 0 Å². The highest BCUT2D eigenvalue weighted by Crippen LogP contribution is 2.35. The van der Waals surface area contributed by atoms with Crippen molar-refractivity contribution in [3.05, 3.63) is 114 Å². The molecule has 1 aromatic heterocycles. The number of hydrogen-bond acceptors (Lipinski definition) is 7. The number of carbonyl (C=O) groups excluding carboxylic acids is 1. The number of furan rings is 1. The zero-order chi connectivity index (χ0) is 33.3. The molecule has 1 aliphatic carbocycles. The van der Waals surface area contributed by atoms with Gasteiger partial charge in [0.05, 0.1) is 10.6 Å². The molecule has 46 heavy (non-hydrogen) atoms. The lowest BCUT2D eigenvalue weighted by molar-refractivity contribution is -0.140. The number of hydrogen-bond donors (Lipinski definition) is 4. The second-order valence-electron chi connectivity index (χ2n) is 11.2. The summed E-state index contributed by atoms with van der Waals surface area (Å²) in [5.41, 5.74) is 2.18. The van der Waals surface area contributed by atoms with Crippen LogP contribution in [0.25, 0.3) is 16.5 Å². The number of sulfonamides is 2. The van der Waals surface area contributed by atoms with E-state index in [2.05, 4.69) is 14.8 Å². The number of nitrogens with one attached hydrogen (secondary N) is 3. The smallest absolute Gasteiger partial charge is 0.321 e. The van der Waals surface area contributed by atoms with E-state index in [-0.39, 0.29) is 33.9 Å². The van der Waals surface area contributed by atoms with E-state index in [0.717, 1.165) is 11.1 Å². The van der Waals surface area contributed by atoms with Crippen molar-refractivity contribution in [2.45, 2.75) is 43.0 Å². The predicted octanol–water partition coefficient (Wildman–Crippen LogP) is 5.04. The molecule has 0 aliphatic heterocycles. The molecule has 0 saturated heterocycles. The molecule has 4 N–H and O–H groups in total. The first-order valence-corrected chi connectivity index (χ1v) is 17.3. The van der Waals surface area contributed by atoms with Crippen LogP contribution in [0.2, 0.25) is 0 Å². The van der Waals surface area contributed by atoms with Gasteiger partial charge in [-0.2, -0.15) is 4.72 Å². The second-order valence-corrected chi connectivity index (χ2v) is 14.9.